The largest absolute Gasteiger partial charge is 0.390 e. The number of hydrogen-bond donors (Lipinski definition) is 3. The predicted molar refractivity (Wildman–Crippen MR) is 147 cm³/mol. The minimum Gasteiger partial charge on any atom is -0.390 e. The van der Waals surface area contributed by atoms with Crippen LogP contribution >= 0.6 is 0 Å². The average Bonchev–Trinajstić information content (AvgIpc) is 2.85. The fourth-order valence-electron chi connectivity index (χ4n) is 5.30. The molecule has 3 atom stereocenters. The van der Waals surface area contributed by atoms with Gasteiger partial charge in [-0.15, -0.1) is 0 Å². The van der Waals surface area contributed by atoms with Gasteiger partial charge in [-0.05, 0) is 84.0 Å². The second-order valence-corrected chi connectivity index (χ2v) is 11.6. The Kier molecular flexibility index (Phi) is 8.95. The van der Waals surface area contributed by atoms with Crippen molar-refractivity contribution in [2.24, 2.45) is 5.41 Å². The van der Waals surface area contributed by atoms with E-state index in [4.69, 9.17) is 0 Å². The van der Waals surface area contributed by atoms with Crippen LogP contribution in [-0.4, -0.2) is 29.7 Å². The van der Waals surface area contributed by atoms with Crippen molar-refractivity contribution in [2.45, 2.75) is 71.1 Å². The number of hydrogen-bond acceptors (Lipinski definition) is 3. The number of fused-ring (bicyclic) bond motifs is 1. The molecule has 0 radical (unpaired) electrons. The number of aryl methyl sites for hydroxylation is 1. The summed E-state index contributed by atoms with van der Waals surface area (Å²) in [4.78, 5) is 12.9. The summed E-state index contributed by atoms with van der Waals surface area (Å²) in [6, 6.07) is 18.1. The predicted octanol–water partition coefficient (Wildman–Crippen LogP) is 5.92. The van der Waals surface area contributed by atoms with Crippen LogP contribution in [0.5, 0.6) is 0 Å². The molecule has 202 valence electrons. The molecule has 6 heteroatoms. The van der Waals surface area contributed by atoms with Gasteiger partial charge < -0.3 is 15.7 Å². The molecule has 0 unspecified atom stereocenters. The first kappa shape index (κ1) is 27.9. The van der Waals surface area contributed by atoms with E-state index in [1.165, 1.54) is 28.8 Å². The quantitative estimate of drug-likeness (QED) is 0.328. The van der Waals surface area contributed by atoms with Gasteiger partial charge in [0.2, 0.25) is 0 Å². The number of halogens is 2. The molecule has 4 rings (SSSR count). The Morgan fingerprint density at radius 2 is 1.71 bits per heavy atom. The Morgan fingerprint density at radius 1 is 1.00 bits per heavy atom. The van der Waals surface area contributed by atoms with Crippen LogP contribution in [0.4, 0.5) is 8.78 Å². The molecule has 0 heterocycles. The maximum absolute atomic E-state index is 13.9. The molecule has 4 nitrogen and oxygen atoms in total. The lowest BCUT2D eigenvalue weighted by atomic mass is 9.82. The highest BCUT2D eigenvalue weighted by atomic mass is 19.1. The van der Waals surface area contributed by atoms with Crippen molar-refractivity contribution in [3.63, 3.8) is 0 Å². The van der Waals surface area contributed by atoms with Crippen molar-refractivity contribution in [3.05, 3.63) is 106 Å². The van der Waals surface area contributed by atoms with Gasteiger partial charge in [0.15, 0.2) is 0 Å². The Hall–Kier alpha value is -3.09. The molecular formula is C32H38F2N2O2. The summed E-state index contributed by atoms with van der Waals surface area (Å²) >= 11 is 0. The number of amides is 1. The molecule has 38 heavy (non-hydrogen) atoms. The van der Waals surface area contributed by atoms with E-state index >= 15 is 0 Å². The van der Waals surface area contributed by atoms with E-state index in [0.717, 1.165) is 31.7 Å². The van der Waals surface area contributed by atoms with Crippen LogP contribution in [0.1, 0.15) is 72.3 Å². The number of aliphatic hydroxyl groups is 1. The lowest BCUT2D eigenvalue weighted by Crippen LogP contribution is -2.49. The highest BCUT2D eigenvalue weighted by Crippen LogP contribution is 2.32. The van der Waals surface area contributed by atoms with Gasteiger partial charge in [0, 0.05) is 24.2 Å². The normalized spacial score (nSPS) is 16.9. The summed E-state index contributed by atoms with van der Waals surface area (Å²) in [5.74, 6) is -1.72. The maximum Gasteiger partial charge on any atom is 0.251 e. The van der Waals surface area contributed by atoms with Crippen LogP contribution in [0.25, 0.3) is 0 Å². The summed E-state index contributed by atoms with van der Waals surface area (Å²) in [5.41, 5.74) is 4.90. The van der Waals surface area contributed by atoms with Crippen LogP contribution in [0.15, 0.2) is 66.7 Å². The summed E-state index contributed by atoms with van der Waals surface area (Å²) in [5, 5.41) is 17.6. The molecule has 3 aromatic rings. The topological polar surface area (TPSA) is 61.4 Å². The smallest absolute Gasteiger partial charge is 0.251 e. The molecule has 3 aromatic carbocycles. The molecule has 1 amide bonds. The van der Waals surface area contributed by atoms with E-state index in [1.807, 2.05) is 6.07 Å². The van der Waals surface area contributed by atoms with Crippen LogP contribution in [-0.2, 0) is 19.3 Å². The minimum atomic E-state index is -0.975. The Labute approximate surface area is 224 Å². The maximum atomic E-state index is 13.9. The van der Waals surface area contributed by atoms with E-state index in [2.05, 4.69) is 49.6 Å². The van der Waals surface area contributed by atoms with Gasteiger partial charge in [0.05, 0.1) is 12.1 Å². The molecule has 0 saturated heterocycles. The van der Waals surface area contributed by atoms with Crippen molar-refractivity contribution in [3.8, 4) is 0 Å². The number of aliphatic hydroxyl groups excluding tert-OH is 1. The second-order valence-electron chi connectivity index (χ2n) is 11.6. The summed E-state index contributed by atoms with van der Waals surface area (Å²) in [6.07, 6.45) is 3.13. The highest BCUT2D eigenvalue weighted by Gasteiger charge is 2.26. The number of benzene rings is 3. The monoisotopic (exact) mass is 520 g/mol. The van der Waals surface area contributed by atoms with Crippen LogP contribution in [0, 0.1) is 17.0 Å². The first-order valence-electron chi connectivity index (χ1n) is 13.4. The molecule has 1 aliphatic carbocycles. The molecule has 3 N–H and O–H groups in total. The van der Waals surface area contributed by atoms with Gasteiger partial charge in [0.1, 0.15) is 11.6 Å². The Bertz CT molecular complexity index is 1220. The van der Waals surface area contributed by atoms with E-state index < -0.39 is 23.8 Å². The molecule has 0 aromatic heterocycles. The number of nitrogens with one attached hydrogen (secondary N) is 2. The molecule has 0 saturated carbocycles. The van der Waals surface area contributed by atoms with E-state index in [1.54, 1.807) is 24.3 Å². The van der Waals surface area contributed by atoms with Crippen molar-refractivity contribution < 1.29 is 18.7 Å². The van der Waals surface area contributed by atoms with E-state index in [9.17, 15) is 18.7 Å². The van der Waals surface area contributed by atoms with E-state index in [0.29, 0.717) is 11.1 Å². The molecule has 0 aliphatic heterocycles. The summed E-state index contributed by atoms with van der Waals surface area (Å²) in [7, 11) is 0. The SMILES string of the molecule is CC(C)(C)Cc1ccc2c(c1)[C@H](NC[C@@H](O)[C@@H](Cc1cc(F)cc(F)c1)NC(=O)c1ccccc1)CCC2. The number of carbonyl (C=O) groups excluding carboxylic acids is 1. The zero-order chi connectivity index (χ0) is 27.3. The van der Waals surface area contributed by atoms with Gasteiger partial charge >= 0.3 is 0 Å². The lowest BCUT2D eigenvalue weighted by Gasteiger charge is -2.31. The van der Waals surface area contributed by atoms with E-state index in [-0.39, 0.29) is 30.3 Å². The first-order valence-corrected chi connectivity index (χ1v) is 13.4. The molecule has 1 aliphatic rings. The zero-order valence-electron chi connectivity index (χ0n) is 22.4. The fraction of sp³-hybridized carbons (Fsp3) is 0.406. The van der Waals surface area contributed by atoms with Gasteiger partial charge in [0.25, 0.3) is 5.91 Å². The second kappa shape index (κ2) is 12.2. The van der Waals surface area contributed by atoms with Gasteiger partial charge in [-0.25, -0.2) is 8.78 Å². The minimum absolute atomic E-state index is 0.0883. The van der Waals surface area contributed by atoms with Crippen molar-refractivity contribution in [2.75, 3.05) is 6.54 Å². The van der Waals surface area contributed by atoms with Crippen molar-refractivity contribution >= 4 is 5.91 Å². The summed E-state index contributed by atoms with van der Waals surface area (Å²) < 4.78 is 27.7. The van der Waals surface area contributed by atoms with Gasteiger partial charge in [-0.1, -0.05) is 57.2 Å². The Balaban J connectivity index is 1.50. The number of carbonyl (C=O) groups is 1. The third kappa shape index (κ3) is 7.71. The number of rotatable bonds is 9. The van der Waals surface area contributed by atoms with Crippen molar-refractivity contribution in [1.29, 1.82) is 0 Å². The Morgan fingerprint density at radius 3 is 2.39 bits per heavy atom. The highest BCUT2D eigenvalue weighted by molar-refractivity contribution is 5.94. The molecule has 0 bridgehead atoms. The van der Waals surface area contributed by atoms with Crippen molar-refractivity contribution in [1.82, 2.24) is 10.6 Å². The summed E-state index contributed by atoms with van der Waals surface area (Å²) in [6.45, 7) is 6.91. The molecule has 0 fully saturated rings. The van der Waals surface area contributed by atoms with Crippen LogP contribution in [0.3, 0.4) is 0 Å². The van der Waals surface area contributed by atoms with Crippen LogP contribution < -0.4 is 10.6 Å². The zero-order valence-corrected chi connectivity index (χ0v) is 22.4. The third-order valence-corrected chi connectivity index (χ3v) is 7.03. The molecular weight excluding hydrogens is 482 g/mol. The first-order chi connectivity index (χ1) is 18.1. The van der Waals surface area contributed by atoms with Crippen LogP contribution in [0.2, 0.25) is 0 Å². The standard InChI is InChI=1S/C32H38F2N2O2/c1-32(2,3)19-21-12-13-23-10-7-11-28(27(23)16-21)35-20-30(37)29(17-22-14-25(33)18-26(34)15-22)36-31(38)24-8-5-4-6-9-24/h4-6,8-9,12-16,18,28-30,35,37H,7,10-11,17,19-20H2,1-3H3,(H,36,38)/t28-,29-,30-/m1/s1. The fourth-order valence-corrected chi connectivity index (χ4v) is 5.30. The molecule has 0 spiro atoms. The third-order valence-electron chi connectivity index (χ3n) is 7.03. The average molecular weight is 521 g/mol. The van der Waals surface area contributed by atoms with Gasteiger partial charge in [-0.2, -0.15) is 0 Å². The lowest BCUT2D eigenvalue weighted by molar-refractivity contribution is 0.0823. The van der Waals surface area contributed by atoms with Gasteiger partial charge in [-0.3, -0.25) is 4.79 Å².